The molecule has 0 aliphatic heterocycles. The minimum atomic E-state index is -0.0209. The molecule has 2 aromatic heterocycles. The zero-order valence-corrected chi connectivity index (χ0v) is 12.7. The molecule has 0 bridgehead atoms. The van der Waals surface area contributed by atoms with E-state index in [1.165, 1.54) is 0 Å². The maximum Gasteiger partial charge on any atom is 0.254 e. The molecular weight excluding hydrogens is 266 g/mol. The monoisotopic (exact) mass is 287 g/mol. The van der Waals surface area contributed by atoms with Crippen LogP contribution in [0, 0.1) is 0 Å². The minimum absolute atomic E-state index is 0.0209. The second-order valence-corrected chi connectivity index (χ2v) is 4.88. The van der Waals surface area contributed by atoms with Gasteiger partial charge in [0.05, 0.1) is 6.20 Å². The van der Waals surface area contributed by atoms with Gasteiger partial charge in [-0.15, -0.1) is 0 Å². The molecular formula is C15H21N5O. The molecule has 2 rings (SSSR count). The Morgan fingerprint density at radius 3 is 2.81 bits per heavy atom. The molecule has 0 aromatic carbocycles. The van der Waals surface area contributed by atoms with Crippen molar-refractivity contribution < 1.29 is 4.79 Å². The molecule has 0 spiro atoms. The number of amides is 1. The van der Waals surface area contributed by atoms with Crippen molar-refractivity contribution in [3.63, 3.8) is 0 Å². The number of hydrogen-bond donors (Lipinski definition) is 2. The molecule has 2 aromatic rings. The van der Waals surface area contributed by atoms with Crippen molar-refractivity contribution in [2.75, 3.05) is 18.9 Å². The summed E-state index contributed by atoms with van der Waals surface area (Å²) in [7, 11) is 1.79. The van der Waals surface area contributed by atoms with E-state index in [1.54, 1.807) is 30.4 Å². The van der Waals surface area contributed by atoms with E-state index in [4.69, 9.17) is 0 Å². The topological polar surface area (TPSA) is 73.9 Å². The number of aromatic amines is 1. The van der Waals surface area contributed by atoms with Crippen LogP contribution >= 0.6 is 0 Å². The van der Waals surface area contributed by atoms with Gasteiger partial charge in [-0.05, 0) is 25.5 Å². The normalized spacial score (nSPS) is 10.4. The van der Waals surface area contributed by atoms with Gasteiger partial charge >= 0.3 is 0 Å². The van der Waals surface area contributed by atoms with E-state index in [0.29, 0.717) is 12.1 Å². The molecule has 2 heterocycles. The molecule has 0 aliphatic rings. The average molecular weight is 287 g/mol. The maximum atomic E-state index is 12.5. The van der Waals surface area contributed by atoms with Gasteiger partial charge in [0.15, 0.2) is 0 Å². The van der Waals surface area contributed by atoms with Crippen molar-refractivity contribution in [2.45, 2.75) is 26.8 Å². The van der Waals surface area contributed by atoms with Crippen molar-refractivity contribution in [1.82, 2.24) is 20.1 Å². The fraction of sp³-hybridized carbons (Fsp3) is 0.400. The Morgan fingerprint density at radius 2 is 2.19 bits per heavy atom. The fourth-order valence-corrected chi connectivity index (χ4v) is 2.09. The summed E-state index contributed by atoms with van der Waals surface area (Å²) in [6.45, 7) is 5.34. The summed E-state index contributed by atoms with van der Waals surface area (Å²) in [5, 5.41) is 9.81. The fourth-order valence-electron chi connectivity index (χ4n) is 2.09. The lowest BCUT2D eigenvalue weighted by molar-refractivity contribution is 0.0785. The van der Waals surface area contributed by atoms with Crippen LogP contribution in [0.5, 0.6) is 0 Å². The first kappa shape index (κ1) is 15.0. The molecule has 112 valence electrons. The van der Waals surface area contributed by atoms with Gasteiger partial charge in [0.2, 0.25) is 0 Å². The number of H-pyrrole nitrogens is 1. The van der Waals surface area contributed by atoms with Crippen molar-refractivity contribution in [1.29, 1.82) is 0 Å². The van der Waals surface area contributed by atoms with Crippen LogP contribution in [-0.4, -0.2) is 39.6 Å². The highest BCUT2D eigenvalue weighted by molar-refractivity contribution is 5.94. The van der Waals surface area contributed by atoms with Crippen molar-refractivity contribution in [3.8, 4) is 0 Å². The van der Waals surface area contributed by atoms with Gasteiger partial charge < -0.3 is 10.2 Å². The summed E-state index contributed by atoms with van der Waals surface area (Å²) >= 11 is 0. The van der Waals surface area contributed by atoms with Crippen LogP contribution < -0.4 is 5.32 Å². The predicted molar refractivity (Wildman–Crippen MR) is 82.2 cm³/mol. The Morgan fingerprint density at radius 1 is 1.38 bits per heavy atom. The highest BCUT2D eigenvalue weighted by Gasteiger charge is 2.14. The smallest absolute Gasteiger partial charge is 0.254 e. The lowest BCUT2D eigenvalue weighted by atomic mass is 10.1. The number of aryl methyl sites for hydroxylation is 1. The van der Waals surface area contributed by atoms with Gasteiger partial charge in [-0.1, -0.05) is 6.92 Å². The van der Waals surface area contributed by atoms with Crippen molar-refractivity contribution in [3.05, 3.63) is 41.3 Å². The number of aromatic nitrogens is 3. The minimum Gasteiger partial charge on any atom is -0.370 e. The van der Waals surface area contributed by atoms with E-state index in [1.807, 2.05) is 19.9 Å². The molecule has 0 radical (unpaired) electrons. The largest absolute Gasteiger partial charge is 0.370 e. The van der Waals surface area contributed by atoms with Crippen LogP contribution in [-0.2, 0) is 13.0 Å². The van der Waals surface area contributed by atoms with Gasteiger partial charge in [-0.3, -0.25) is 9.89 Å². The van der Waals surface area contributed by atoms with E-state index < -0.39 is 0 Å². The van der Waals surface area contributed by atoms with Crippen LogP contribution in [0.2, 0.25) is 0 Å². The summed E-state index contributed by atoms with van der Waals surface area (Å²) < 4.78 is 0. The van der Waals surface area contributed by atoms with Gasteiger partial charge in [0.1, 0.15) is 5.82 Å². The first-order chi connectivity index (χ1) is 10.1. The molecule has 0 unspecified atom stereocenters. The molecule has 0 fully saturated rings. The quantitative estimate of drug-likeness (QED) is 0.853. The number of nitrogens with one attached hydrogen (secondary N) is 2. The molecule has 0 aliphatic carbocycles. The Kier molecular flexibility index (Phi) is 4.92. The van der Waals surface area contributed by atoms with Gasteiger partial charge in [-0.25, -0.2) is 4.98 Å². The van der Waals surface area contributed by atoms with E-state index >= 15 is 0 Å². The SMILES string of the molecule is CCNc1cc(C(=O)N(C)Cc2cn[nH]c2)cc(CC)n1. The van der Waals surface area contributed by atoms with Crippen LogP contribution in [0.15, 0.2) is 24.5 Å². The first-order valence-corrected chi connectivity index (χ1v) is 7.12. The van der Waals surface area contributed by atoms with E-state index in [0.717, 1.165) is 30.0 Å². The standard InChI is InChI=1S/C15H21N5O/c1-4-13-6-12(7-14(19-13)16-5-2)15(21)20(3)10-11-8-17-18-9-11/h6-9H,4-5,10H2,1-3H3,(H,16,19)(H,17,18). The number of carbonyl (C=O) groups is 1. The van der Waals surface area contributed by atoms with Crippen LogP contribution in [0.1, 0.15) is 35.5 Å². The van der Waals surface area contributed by atoms with Gasteiger partial charge in [0.25, 0.3) is 5.91 Å². The number of hydrogen-bond acceptors (Lipinski definition) is 4. The Labute approximate surface area is 124 Å². The number of carbonyl (C=O) groups excluding carboxylic acids is 1. The molecule has 2 N–H and O–H groups in total. The molecule has 6 heteroatoms. The molecule has 0 saturated carbocycles. The second kappa shape index (κ2) is 6.88. The van der Waals surface area contributed by atoms with E-state index in [-0.39, 0.29) is 5.91 Å². The van der Waals surface area contributed by atoms with Crippen molar-refractivity contribution in [2.24, 2.45) is 0 Å². The molecule has 21 heavy (non-hydrogen) atoms. The average Bonchev–Trinajstić information content (AvgIpc) is 2.99. The van der Waals surface area contributed by atoms with E-state index in [9.17, 15) is 4.79 Å². The highest BCUT2D eigenvalue weighted by Crippen LogP contribution is 2.14. The molecule has 0 saturated heterocycles. The van der Waals surface area contributed by atoms with Crippen LogP contribution in [0.3, 0.4) is 0 Å². The van der Waals surface area contributed by atoms with Crippen LogP contribution in [0.25, 0.3) is 0 Å². The number of anilines is 1. The maximum absolute atomic E-state index is 12.5. The lowest BCUT2D eigenvalue weighted by Crippen LogP contribution is -2.26. The summed E-state index contributed by atoms with van der Waals surface area (Å²) in [6.07, 6.45) is 4.31. The predicted octanol–water partition coefficient (Wildman–Crippen LogP) is 2.07. The Hall–Kier alpha value is -2.37. The van der Waals surface area contributed by atoms with Gasteiger partial charge in [0, 0.05) is 43.2 Å². The zero-order chi connectivity index (χ0) is 15.2. The van der Waals surface area contributed by atoms with Gasteiger partial charge in [-0.2, -0.15) is 5.10 Å². The number of rotatable bonds is 6. The third kappa shape index (κ3) is 3.81. The lowest BCUT2D eigenvalue weighted by Gasteiger charge is -2.17. The first-order valence-electron chi connectivity index (χ1n) is 7.12. The number of nitrogens with zero attached hydrogens (tertiary/aromatic N) is 3. The Balaban J connectivity index is 2.18. The summed E-state index contributed by atoms with van der Waals surface area (Å²) in [5.74, 6) is 0.726. The Bertz CT molecular complexity index is 594. The third-order valence-corrected chi connectivity index (χ3v) is 3.17. The summed E-state index contributed by atoms with van der Waals surface area (Å²) in [4.78, 5) is 18.7. The third-order valence-electron chi connectivity index (χ3n) is 3.17. The highest BCUT2D eigenvalue weighted by atomic mass is 16.2. The second-order valence-electron chi connectivity index (χ2n) is 4.88. The molecule has 0 atom stereocenters. The number of pyridine rings is 1. The summed E-state index contributed by atoms with van der Waals surface area (Å²) in [6, 6.07) is 3.66. The molecule has 6 nitrogen and oxygen atoms in total. The van der Waals surface area contributed by atoms with E-state index in [2.05, 4.69) is 20.5 Å². The summed E-state index contributed by atoms with van der Waals surface area (Å²) in [5.41, 5.74) is 2.54. The van der Waals surface area contributed by atoms with Crippen molar-refractivity contribution >= 4 is 11.7 Å². The van der Waals surface area contributed by atoms with Crippen LogP contribution in [0.4, 0.5) is 5.82 Å². The molecule has 1 amide bonds. The zero-order valence-electron chi connectivity index (χ0n) is 12.7.